The zero-order valence-electron chi connectivity index (χ0n) is 10.7. The van der Waals surface area contributed by atoms with E-state index in [-0.39, 0.29) is 5.91 Å². The highest BCUT2D eigenvalue weighted by Gasteiger charge is 2.15. The van der Waals surface area contributed by atoms with Gasteiger partial charge in [-0.2, -0.15) is 0 Å². The van der Waals surface area contributed by atoms with Crippen molar-refractivity contribution in [1.29, 1.82) is 0 Å². The number of nitro groups is 1. The number of unbranched alkanes of at least 4 members (excludes halogenated alkanes) is 2. The first-order valence-electron chi connectivity index (χ1n) is 5.99. The Morgan fingerprint density at radius 3 is 2.75 bits per heavy atom. The van der Waals surface area contributed by atoms with E-state index in [0.717, 1.165) is 6.42 Å². The van der Waals surface area contributed by atoms with Gasteiger partial charge in [-0.3, -0.25) is 25.1 Å². The van der Waals surface area contributed by atoms with Gasteiger partial charge < -0.3 is 4.57 Å². The van der Waals surface area contributed by atoms with Gasteiger partial charge in [0, 0.05) is 29.7 Å². The van der Waals surface area contributed by atoms with Crippen LogP contribution in [0.4, 0.5) is 5.69 Å². The number of carbonyl (C=O) groups excluding carboxylic acids is 1. The highest BCUT2D eigenvalue weighted by molar-refractivity contribution is 9.10. The number of nitrogens with zero attached hydrogens (tertiary/aromatic N) is 2. The van der Waals surface area contributed by atoms with E-state index in [2.05, 4.69) is 15.9 Å². The van der Waals surface area contributed by atoms with Crippen LogP contribution >= 0.6 is 15.9 Å². The Morgan fingerprint density at radius 2 is 2.15 bits per heavy atom. The minimum absolute atomic E-state index is 0.236. The van der Waals surface area contributed by atoms with Crippen molar-refractivity contribution in [3.63, 3.8) is 0 Å². The number of pyridine rings is 1. The van der Waals surface area contributed by atoms with E-state index in [9.17, 15) is 19.7 Å². The number of amides is 1. The molecule has 1 aromatic rings. The van der Waals surface area contributed by atoms with Gasteiger partial charge in [-0.15, -0.1) is 0 Å². The Hall–Kier alpha value is -1.74. The van der Waals surface area contributed by atoms with Crippen molar-refractivity contribution in [3.05, 3.63) is 37.2 Å². The molecule has 3 N–H and O–H groups in total. The second-order valence-electron chi connectivity index (χ2n) is 4.18. The molecule has 110 valence electrons. The second kappa shape index (κ2) is 7.75. The van der Waals surface area contributed by atoms with Gasteiger partial charge in [0.25, 0.3) is 0 Å². The molecule has 1 amide bonds. The predicted octanol–water partition coefficient (Wildman–Crippen LogP) is 1.07. The summed E-state index contributed by atoms with van der Waals surface area (Å²) in [5, 5.41) is 10.7. The summed E-state index contributed by atoms with van der Waals surface area (Å²) in [6, 6.07) is 1.18. The summed E-state index contributed by atoms with van der Waals surface area (Å²) in [7, 11) is 0. The average Bonchev–Trinajstić information content (AvgIpc) is 2.40. The average molecular weight is 347 g/mol. The monoisotopic (exact) mass is 346 g/mol. The Morgan fingerprint density at radius 1 is 1.45 bits per heavy atom. The lowest BCUT2D eigenvalue weighted by Crippen LogP contribution is -2.29. The Kier molecular flexibility index (Phi) is 6.32. The van der Waals surface area contributed by atoms with Gasteiger partial charge in [-0.05, 0) is 28.8 Å². The van der Waals surface area contributed by atoms with Crippen molar-refractivity contribution in [2.45, 2.75) is 32.2 Å². The zero-order valence-corrected chi connectivity index (χ0v) is 12.3. The third-order valence-electron chi connectivity index (χ3n) is 2.69. The van der Waals surface area contributed by atoms with Crippen LogP contribution in [-0.4, -0.2) is 15.4 Å². The van der Waals surface area contributed by atoms with Crippen molar-refractivity contribution in [2.75, 3.05) is 0 Å². The molecule has 0 spiro atoms. The number of hydrogen-bond donors (Lipinski definition) is 2. The number of carbonyl (C=O) groups is 1. The van der Waals surface area contributed by atoms with E-state index in [1.54, 1.807) is 0 Å². The molecule has 0 aliphatic carbocycles. The van der Waals surface area contributed by atoms with Gasteiger partial charge in [-0.1, -0.05) is 6.42 Å². The van der Waals surface area contributed by atoms with Crippen LogP contribution in [0.5, 0.6) is 0 Å². The van der Waals surface area contributed by atoms with Crippen molar-refractivity contribution < 1.29 is 9.72 Å². The fourth-order valence-electron chi connectivity index (χ4n) is 1.70. The van der Waals surface area contributed by atoms with Crippen molar-refractivity contribution >= 4 is 27.5 Å². The number of nitrogens with one attached hydrogen (secondary N) is 1. The first kappa shape index (κ1) is 16.3. The van der Waals surface area contributed by atoms with Crippen LogP contribution in [-0.2, 0) is 11.3 Å². The van der Waals surface area contributed by atoms with E-state index in [1.807, 2.05) is 5.43 Å². The topological polar surface area (TPSA) is 120 Å². The molecule has 0 bridgehead atoms. The molecule has 1 aromatic heterocycles. The van der Waals surface area contributed by atoms with E-state index >= 15 is 0 Å². The lowest BCUT2D eigenvalue weighted by Gasteiger charge is -2.06. The van der Waals surface area contributed by atoms with E-state index in [0.29, 0.717) is 30.3 Å². The number of hydrogen-bond acceptors (Lipinski definition) is 5. The summed E-state index contributed by atoms with van der Waals surface area (Å²) in [5.41, 5.74) is 0.951. The van der Waals surface area contributed by atoms with E-state index in [4.69, 9.17) is 5.84 Å². The normalized spacial score (nSPS) is 10.3. The molecule has 0 aliphatic rings. The highest BCUT2D eigenvalue weighted by atomic mass is 79.9. The summed E-state index contributed by atoms with van der Waals surface area (Å²) >= 11 is 3.14. The molecule has 0 atom stereocenters. The first-order chi connectivity index (χ1) is 9.45. The van der Waals surface area contributed by atoms with Gasteiger partial charge in [0.15, 0.2) is 0 Å². The molecular weight excluding hydrogens is 332 g/mol. The molecule has 0 radical (unpaired) electrons. The smallest absolute Gasteiger partial charge is 0.309 e. The van der Waals surface area contributed by atoms with Gasteiger partial charge in [0.2, 0.25) is 5.91 Å². The molecule has 0 aliphatic heterocycles. The molecular formula is C11H15BrN4O4. The SMILES string of the molecule is NNC(=O)CCCCCn1cc(Br)cc([N+](=O)[O-])c1=O. The molecule has 1 heterocycles. The highest BCUT2D eigenvalue weighted by Crippen LogP contribution is 2.14. The summed E-state index contributed by atoms with van der Waals surface area (Å²) in [6.45, 7) is 0.364. The number of hydrazine groups is 1. The third kappa shape index (κ3) is 4.74. The third-order valence-corrected chi connectivity index (χ3v) is 3.13. The van der Waals surface area contributed by atoms with Crippen LogP contribution in [0.25, 0.3) is 0 Å². The fourth-order valence-corrected chi connectivity index (χ4v) is 2.16. The molecule has 0 fully saturated rings. The number of aromatic nitrogens is 1. The van der Waals surface area contributed by atoms with E-state index in [1.165, 1.54) is 16.8 Å². The van der Waals surface area contributed by atoms with Gasteiger partial charge in [0.05, 0.1) is 4.92 Å². The van der Waals surface area contributed by atoms with Crippen LogP contribution in [0.15, 0.2) is 21.5 Å². The lowest BCUT2D eigenvalue weighted by molar-refractivity contribution is -0.386. The van der Waals surface area contributed by atoms with Crippen LogP contribution in [0, 0.1) is 10.1 Å². The number of aryl methyl sites for hydroxylation is 1. The van der Waals surface area contributed by atoms with Gasteiger partial charge in [-0.25, -0.2) is 5.84 Å². The zero-order chi connectivity index (χ0) is 15.1. The molecule has 8 nitrogen and oxygen atoms in total. The molecule has 9 heteroatoms. The van der Waals surface area contributed by atoms with Crippen LogP contribution in [0.1, 0.15) is 25.7 Å². The largest absolute Gasteiger partial charge is 0.335 e. The lowest BCUT2D eigenvalue weighted by atomic mass is 10.2. The second-order valence-corrected chi connectivity index (χ2v) is 5.09. The Labute approximate surface area is 123 Å². The maximum atomic E-state index is 11.8. The summed E-state index contributed by atoms with van der Waals surface area (Å²) in [5.74, 6) is 4.71. The van der Waals surface area contributed by atoms with E-state index < -0.39 is 16.2 Å². The summed E-state index contributed by atoms with van der Waals surface area (Å²) < 4.78 is 1.77. The Bertz CT molecular complexity index is 558. The number of halogens is 1. The van der Waals surface area contributed by atoms with Gasteiger partial charge in [0.1, 0.15) is 0 Å². The Balaban J connectivity index is 2.58. The number of rotatable bonds is 7. The number of nitrogens with two attached hydrogens (primary N) is 1. The van der Waals surface area contributed by atoms with Crippen LogP contribution < -0.4 is 16.8 Å². The van der Waals surface area contributed by atoms with Crippen molar-refractivity contribution in [1.82, 2.24) is 9.99 Å². The van der Waals surface area contributed by atoms with Gasteiger partial charge >= 0.3 is 11.2 Å². The molecule has 0 unspecified atom stereocenters. The molecule has 20 heavy (non-hydrogen) atoms. The van der Waals surface area contributed by atoms with Crippen LogP contribution in [0.2, 0.25) is 0 Å². The maximum Gasteiger partial charge on any atom is 0.335 e. The minimum Gasteiger partial charge on any atom is -0.309 e. The minimum atomic E-state index is -0.699. The van der Waals surface area contributed by atoms with Crippen LogP contribution in [0.3, 0.4) is 0 Å². The van der Waals surface area contributed by atoms with Crippen molar-refractivity contribution in [3.8, 4) is 0 Å². The fraction of sp³-hybridized carbons (Fsp3) is 0.455. The summed E-state index contributed by atoms with van der Waals surface area (Å²) in [4.78, 5) is 32.7. The quantitative estimate of drug-likeness (QED) is 0.251. The standard InChI is InChI=1S/C11H15BrN4O4/c12-8-6-9(16(19)20)11(18)15(7-8)5-3-1-2-4-10(17)14-13/h6-7H,1-5,13H2,(H,14,17). The predicted molar refractivity (Wildman–Crippen MR) is 75.9 cm³/mol. The summed E-state index contributed by atoms with van der Waals surface area (Å²) in [6.07, 6.45) is 3.85. The first-order valence-corrected chi connectivity index (χ1v) is 6.79. The van der Waals surface area contributed by atoms with Crippen molar-refractivity contribution in [2.24, 2.45) is 5.84 Å². The molecule has 0 saturated carbocycles. The molecule has 1 rings (SSSR count). The molecule has 0 saturated heterocycles. The molecule has 0 aromatic carbocycles. The maximum absolute atomic E-state index is 11.8.